The van der Waals surface area contributed by atoms with Crippen LogP contribution in [0.2, 0.25) is 0 Å². The molecule has 4 heterocycles. The molecule has 0 radical (unpaired) electrons. The summed E-state index contributed by atoms with van der Waals surface area (Å²) in [6, 6.07) is 18.5. The van der Waals surface area contributed by atoms with Crippen LogP contribution < -0.4 is 0 Å². The molecule has 0 aliphatic heterocycles. The highest BCUT2D eigenvalue weighted by Crippen LogP contribution is 2.37. The first-order chi connectivity index (χ1) is 13.4. The molecule has 0 saturated carbocycles. The lowest BCUT2D eigenvalue weighted by molar-refractivity contribution is 0.568. The second kappa shape index (κ2) is 5.35. The summed E-state index contributed by atoms with van der Waals surface area (Å²) >= 11 is 0. The summed E-state index contributed by atoms with van der Waals surface area (Å²) in [6.07, 6.45) is 7.28. The molecule has 2 aromatic carbocycles. The van der Waals surface area contributed by atoms with Crippen LogP contribution >= 0.6 is 0 Å². The first-order valence-electron chi connectivity index (χ1n) is 8.79. The van der Waals surface area contributed by atoms with E-state index in [0.29, 0.717) is 0 Å². The minimum atomic E-state index is 0.853. The predicted molar refractivity (Wildman–Crippen MR) is 107 cm³/mol. The summed E-state index contributed by atoms with van der Waals surface area (Å²) in [4.78, 5) is 7.86. The van der Waals surface area contributed by atoms with Crippen molar-refractivity contribution in [3.8, 4) is 22.3 Å². The van der Waals surface area contributed by atoms with Crippen molar-refractivity contribution in [2.45, 2.75) is 0 Å². The third kappa shape index (κ3) is 2.07. The third-order valence-corrected chi connectivity index (χ3v) is 5.08. The van der Waals surface area contributed by atoms with Gasteiger partial charge >= 0.3 is 0 Å². The molecule has 0 bridgehead atoms. The van der Waals surface area contributed by atoms with Crippen molar-refractivity contribution in [3.05, 3.63) is 79.5 Å². The maximum atomic E-state index is 6.18. The Labute approximate surface area is 154 Å². The topological polar surface area (TPSA) is 55.0 Å². The van der Waals surface area contributed by atoms with Crippen LogP contribution in [-0.4, -0.2) is 9.97 Å². The summed E-state index contributed by atoms with van der Waals surface area (Å²) in [5.41, 5.74) is 6.81. The van der Waals surface area contributed by atoms with Crippen molar-refractivity contribution in [3.63, 3.8) is 0 Å². The molecule has 6 rings (SSSR count). The van der Waals surface area contributed by atoms with E-state index in [0.717, 1.165) is 55.2 Å². The van der Waals surface area contributed by atoms with Crippen molar-refractivity contribution >= 4 is 33.0 Å². The summed E-state index contributed by atoms with van der Waals surface area (Å²) < 4.78 is 11.4. The fraction of sp³-hybridized carbons (Fsp3) is 0. The van der Waals surface area contributed by atoms with Gasteiger partial charge in [0.2, 0.25) is 0 Å². The smallest absolute Gasteiger partial charge is 0.143 e. The molecule has 0 spiro atoms. The molecule has 0 amide bonds. The van der Waals surface area contributed by atoms with Crippen molar-refractivity contribution < 1.29 is 8.83 Å². The Balaban J connectivity index is 1.63. The molecular weight excluding hydrogens is 336 g/mol. The quantitative estimate of drug-likeness (QED) is 0.394. The standard InChI is InChI=1S/C23H14N2O2/c1-2-7-21-17(4-1)18-6-3-5-16(22(18)27-21)15-10-19-20(14-8-9-26-13-14)12-25-23(19)24-11-15/h1-13H,(H,24,25). The van der Waals surface area contributed by atoms with Gasteiger partial charge in [0.15, 0.2) is 0 Å². The van der Waals surface area contributed by atoms with Gasteiger partial charge in [-0.25, -0.2) is 4.98 Å². The first-order valence-corrected chi connectivity index (χ1v) is 8.79. The van der Waals surface area contributed by atoms with Gasteiger partial charge in [0.25, 0.3) is 0 Å². The normalized spacial score (nSPS) is 11.7. The zero-order valence-electron chi connectivity index (χ0n) is 14.3. The highest BCUT2D eigenvalue weighted by atomic mass is 16.3. The van der Waals surface area contributed by atoms with Crippen molar-refractivity contribution in [1.82, 2.24) is 9.97 Å². The molecule has 27 heavy (non-hydrogen) atoms. The summed E-state index contributed by atoms with van der Waals surface area (Å²) in [5.74, 6) is 0. The number of fused-ring (bicyclic) bond motifs is 4. The van der Waals surface area contributed by atoms with E-state index in [1.54, 1.807) is 12.5 Å². The number of pyridine rings is 1. The van der Waals surface area contributed by atoms with Crippen LogP contribution in [0.1, 0.15) is 0 Å². The van der Waals surface area contributed by atoms with Gasteiger partial charge in [-0.15, -0.1) is 0 Å². The van der Waals surface area contributed by atoms with E-state index in [4.69, 9.17) is 8.83 Å². The van der Waals surface area contributed by atoms with E-state index >= 15 is 0 Å². The van der Waals surface area contributed by atoms with Crippen LogP contribution in [0.5, 0.6) is 0 Å². The fourth-order valence-corrected chi connectivity index (χ4v) is 3.78. The van der Waals surface area contributed by atoms with Gasteiger partial charge in [0, 0.05) is 50.8 Å². The SMILES string of the molecule is c1ccc2c(c1)oc1c(-c3cnc4[nH]cc(-c5ccoc5)c4c3)cccc12. The Morgan fingerprint density at radius 1 is 0.815 bits per heavy atom. The van der Waals surface area contributed by atoms with Crippen LogP contribution in [0, 0.1) is 0 Å². The highest BCUT2D eigenvalue weighted by Gasteiger charge is 2.14. The highest BCUT2D eigenvalue weighted by molar-refractivity contribution is 6.10. The monoisotopic (exact) mass is 350 g/mol. The van der Waals surface area contributed by atoms with Crippen molar-refractivity contribution in [1.29, 1.82) is 0 Å². The molecule has 0 atom stereocenters. The Hall–Kier alpha value is -3.79. The molecule has 0 unspecified atom stereocenters. The lowest BCUT2D eigenvalue weighted by Gasteiger charge is -2.03. The minimum Gasteiger partial charge on any atom is -0.472 e. The summed E-state index contributed by atoms with van der Waals surface area (Å²) in [7, 11) is 0. The van der Waals surface area contributed by atoms with Crippen LogP contribution in [0.15, 0.2) is 88.4 Å². The van der Waals surface area contributed by atoms with Gasteiger partial charge in [-0.05, 0) is 18.2 Å². The van der Waals surface area contributed by atoms with Gasteiger partial charge in [-0.2, -0.15) is 0 Å². The van der Waals surface area contributed by atoms with E-state index in [1.807, 2.05) is 36.7 Å². The van der Waals surface area contributed by atoms with Crippen LogP contribution in [0.3, 0.4) is 0 Å². The molecule has 4 nitrogen and oxygen atoms in total. The lowest BCUT2D eigenvalue weighted by Crippen LogP contribution is -1.83. The number of nitrogens with one attached hydrogen (secondary N) is 1. The number of H-pyrrole nitrogens is 1. The zero-order valence-corrected chi connectivity index (χ0v) is 14.3. The van der Waals surface area contributed by atoms with Gasteiger partial charge < -0.3 is 13.8 Å². The molecule has 4 heteroatoms. The molecule has 0 fully saturated rings. The van der Waals surface area contributed by atoms with Crippen molar-refractivity contribution in [2.24, 2.45) is 0 Å². The van der Waals surface area contributed by atoms with Gasteiger partial charge in [0.05, 0.1) is 12.5 Å². The number of rotatable bonds is 2. The minimum absolute atomic E-state index is 0.853. The first kappa shape index (κ1) is 14.4. The van der Waals surface area contributed by atoms with Gasteiger partial charge in [0.1, 0.15) is 16.8 Å². The predicted octanol–water partition coefficient (Wildman–Crippen LogP) is 6.39. The molecule has 128 valence electrons. The molecule has 0 saturated heterocycles. The molecular formula is C23H14N2O2. The maximum absolute atomic E-state index is 6.18. The average molecular weight is 350 g/mol. The third-order valence-electron chi connectivity index (χ3n) is 5.08. The maximum Gasteiger partial charge on any atom is 0.143 e. The number of hydrogen-bond acceptors (Lipinski definition) is 3. The lowest BCUT2D eigenvalue weighted by atomic mass is 10.0. The number of nitrogens with zero attached hydrogens (tertiary/aromatic N) is 1. The Morgan fingerprint density at radius 3 is 2.67 bits per heavy atom. The number of para-hydroxylation sites is 2. The average Bonchev–Trinajstić information content (AvgIpc) is 3.44. The molecule has 4 aromatic heterocycles. The molecule has 6 aromatic rings. The van der Waals surface area contributed by atoms with E-state index < -0.39 is 0 Å². The molecule has 0 aliphatic rings. The molecule has 0 aliphatic carbocycles. The van der Waals surface area contributed by atoms with Crippen LogP contribution in [0.25, 0.3) is 55.2 Å². The zero-order chi connectivity index (χ0) is 17.8. The Kier molecular flexibility index (Phi) is 2.85. The Morgan fingerprint density at radius 2 is 1.74 bits per heavy atom. The number of aromatic nitrogens is 2. The van der Waals surface area contributed by atoms with Crippen LogP contribution in [0.4, 0.5) is 0 Å². The largest absolute Gasteiger partial charge is 0.472 e. The Bertz CT molecular complexity index is 1420. The van der Waals surface area contributed by atoms with Gasteiger partial charge in [-0.1, -0.05) is 36.4 Å². The number of aromatic amines is 1. The van der Waals surface area contributed by atoms with E-state index in [9.17, 15) is 0 Å². The summed E-state index contributed by atoms with van der Waals surface area (Å²) in [6.45, 7) is 0. The fourth-order valence-electron chi connectivity index (χ4n) is 3.78. The van der Waals surface area contributed by atoms with Gasteiger partial charge in [-0.3, -0.25) is 0 Å². The molecule has 1 N–H and O–H groups in total. The van der Waals surface area contributed by atoms with Crippen molar-refractivity contribution in [2.75, 3.05) is 0 Å². The van der Waals surface area contributed by atoms with E-state index in [-0.39, 0.29) is 0 Å². The second-order valence-electron chi connectivity index (χ2n) is 6.62. The van der Waals surface area contributed by atoms with E-state index in [1.165, 1.54) is 0 Å². The number of benzene rings is 2. The van der Waals surface area contributed by atoms with Crippen LogP contribution in [-0.2, 0) is 0 Å². The second-order valence-corrected chi connectivity index (χ2v) is 6.62. The van der Waals surface area contributed by atoms with E-state index in [2.05, 4.69) is 40.3 Å². The summed E-state index contributed by atoms with van der Waals surface area (Å²) in [5, 5.41) is 3.30. The number of furan rings is 2. The number of hydrogen-bond donors (Lipinski definition) is 1.